The number of Topliss-reactive ketones (excluding diaryl/α,β-unsaturated/α-hetero) is 2. The third-order valence-corrected chi connectivity index (χ3v) is 4.69. The molecule has 142 valence electrons. The predicted octanol–water partition coefficient (Wildman–Crippen LogP) is 4.94. The van der Waals surface area contributed by atoms with Gasteiger partial charge in [0.15, 0.2) is 11.6 Å². The number of carbonyl (C=O) groups excluding carboxylic acids is 2. The lowest BCUT2D eigenvalue weighted by Gasteiger charge is -2.17. The van der Waals surface area contributed by atoms with Gasteiger partial charge in [-0.2, -0.15) is 0 Å². The summed E-state index contributed by atoms with van der Waals surface area (Å²) < 4.78 is 10.4. The number of rotatable bonds is 8. The third kappa shape index (κ3) is 4.46. The monoisotopic (exact) mass is 374 g/mol. The Bertz CT molecular complexity index is 929. The standard InChI is InChI=1S/C24H22O4/c1-27-20-12-8-17(9-13-20)22(16-23(25)18-6-4-3-5-7-18)24(26)19-10-14-21(28-2)15-11-19/h3-15,22H,16H2,1-2H3/t22-/m1/s1. The Hall–Kier alpha value is -3.40. The summed E-state index contributed by atoms with van der Waals surface area (Å²) in [6.45, 7) is 0. The van der Waals surface area contributed by atoms with Crippen molar-refractivity contribution in [2.75, 3.05) is 14.2 Å². The molecule has 0 aliphatic heterocycles. The summed E-state index contributed by atoms with van der Waals surface area (Å²) in [4.78, 5) is 26.0. The van der Waals surface area contributed by atoms with Crippen molar-refractivity contribution in [3.05, 3.63) is 95.6 Å². The number of ketones is 2. The van der Waals surface area contributed by atoms with Gasteiger partial charge in [0.25, 0.3) is 0 Å². The first-order valence-electron chi connectivity index (χ1n) is 9.03. The van der Waals surface area contributed by atoms with Gasteiger partial charge in [-0.1, -0.05) is 42.5 Å². The molecule has 0 unspecified atom stereocenters. The zero-order valence-corrected chi connectivity index (χ0v) is 15.9. The predicted molar refractivity (Wildman–Crippen MR) is 108 cm³/mol. The first kappa shape index (κ1) is 19.4. The van der Waals surface area contributed by atoms with Crippen molar-refractivity contribution in [1.29, 1.82) is 0 Å². The molecule has 28 heavy (non-hydrogen) atoms. The Morgan fingerprint density at radius 3 is 1.79 bits per heavy atom. The van der Waals surface area contributed by atoms with E-state index in [4.69, 9.17) is 9.47 Å². The van der Waals surface area contributed by atoms with Gasteiger partial charge in [0.1, 0.15) is 11.5 Å². The number of benzene rings is 3. The number of hydrogen-bond acceptors (Lipinski definition) is 4. The van der Waals surface area contributed by atoms with Gasteiger partial charge in [-0.05, 0) is 42.0 Å². The van der Waals surface area contributed by atoms with Crippen LogP contribution < -0.4 is 9.47 Å². The van der Waals surface area contributed by atoms with Gasteiger partial charge >= 0.3 is 0 Å². The molecule has 0 radical (unpaired) electrons. The maximum atomic E-state index is 13.2. The van der Waals surface area contributed by atoms with Crippen molar-refractivity contribution in [1.82, 2.24) is 0 Å². The molecule has 0 N–H and O–H groups in total. The van der Waals surface area contributed by atoms with Crippen LogP contribution in [0.5, 0.6) is 11.5 Å². The van der Waals surface area contributed by atoms with Crippen molar-refractivity contribution < 1.29 is 19.1 Å². The van der Waals surface area contributed by atoms with Gasteiger partial charge in [0, 0.05) is 17.5 Å². The minimum Gasteiger partial charge on any atom is -0.497 e. The normalized spacial score (nSPS) is 11.5. The molecule has 3 aromatic carbocycles. The van der Waals surface area contributed by atoms with Crippen LogP contribution in [0.1, 0.15) is 38.6 Å². The molecule has 3 rings (SSSR count). The van der Waals surface area contributed by atoms with E-state index in [0.29, 0.717) is 22.6 Å². The Balaban J connectivity index is 1.92. The van der Waals surface area contributed by atoms with E-state index in [1.165, 1.54) is 0 Å². The quantitative estimate of drug-likeness (QED) is 0.524. The maximum absolute atomic E-state index is 13.2. The summed E-state index contributed by atoms with van der Waals surface area (Å²) in [6.07, 6.45) is 0.0984. The van der Waals surface area contributed by atoms with Gasteiger partial charge in [-0.25, -0.2) is 0 Å². The molecule has 4 nitrogen and oxygen atoms in total. The second-order valence-corrected chi connectivity index (χ2v) is 6.41. The summed E-state index contributed by atoms with van der Waals surface area (Å²) in [6, 6.07) is 23.3. The van der Waals surface area contributed by atoms with Gasteiger partial charge in [-0.3, -0.25) is 9.59 Å². The van der Waals surface area contributed by atoms with Crippen LogP contribution in [0.3, 0.4) is 0 Å². The second kappa shape index (κ2) is 9.00. The van der Waals surface area contributed by atoms with Crippen LogP contribution in [0.2, 0.25) is 0 Å². The maximum Gasteiger partial charge on any atom is 0.170 e. The van der Waals surface area contributed by atoms with Crippen LogP contribution in [0.4, 0.5) is 0 Å². The number of carbonyl (C=O) groups is 2. The Morgan fingerprint density at radius 2 is 1.25 bits per heavy atom. The first-order chi connectivity index (χ1) is 13.6. The zero-order chi connectivity index (χ0) is 19.9. The first-order valence-corrected chi connectivity index (χ1v) is 9.03. The highest BCUT2D eigenvalue weighted by Gasteiger charge is 2.25. The molecular weight excluding hydrogens is 352 g/mol. The number of ether oxygens (including phenoxy) is 2. The van der Waals surface area contributed by atoms with Crippen molar-refractivity contribution >= 4 is 11.6 Å². The summed E-state index contributed by atoms with van der Waals surface area (Å²) >= 11 is 0. The Labute approximate surface area is 164 Å². The fourth-order valence-electron chi connectivity index (χ4n) is 3.08. The molecule has 0 spiro atoms. The summed E-state index contributed by atoms with van der Waals surface area (Å²) in [5.74, 6) is 0.638. The second-order valence-electron chi connectivity index (χ2n) is 6.41. The molecule has 0 aromatic heterocycles. The van der Waals surface area contributed by atoms with Gasteiger partial charge in [0.2, 0.25) is 0 Å². The SMILES string of the molecule is COc1ccc(C(=O)[C@H](CC(=O)c2ccccc2)c2ccc(OC)cc2)cc1. The molecule has 0 saturated carbocycles. The zero-order valence-electron chi connectivity index (χ0n) is 15.9. The van der Waals surface area contributed by atoms with E-state index in [0.717, 1.165) is 5.56 Å². The molecule has 0 heterocycles. The van der Waals surface area contributed by atoms with Gasteiger partial charge in [-0.15, -0.1) is 0 Å². The van der Waals surface area contributed by atoms with Crippen LogP contribution in [-0.4, -0.2) is 25.8 Å². The van der Waals surface area contributed by atoms with Crippen LogP contribution >= 0.6 is 0 Å². The van der Waals surface area contributed by atoms with E-state index in [9.17, 15) is 9.59 Å². The van der Waals surface area contributed by atoms with E-state index in [2.05, 4.69) is 0 Å². The van der Waals surface area contributed by atoms with E-state index in [1.807, 2.05) is 30.3 Å². The molecular formula is C24H22O4. The topological polar surface area (TPSA) is 52.6 Å². The molecule has 0 aliphatic carbocycles. The molecule has 3 aromatic rings. The molecule has 4 heteroatoms. The minimum atomic E-state index is -0.577. The van der Waals surface area contributed by atoms with Crippen molar-refractivity contribution in [3.63, 3.8) is 0 Å². The van der Waals surface area contributed by atoms with E-state index < -0.39 is 5.92 Å². The average molecular weight is 374 g/mol. The Kier molecular flexibility index (Phi) is 6.22. The highest BCUT2D eigenvalue weighted by Crippen LogP contribution is 2.28. The molecule has 0 saturated heterocycles. The fraction of sp³-hybridized carbons (Fsp3) is 0.167. The largest absolute Gasteiger partial charge is 0.497 e. The van der Waals surface area contributed by atoms with Crippen molar-refractivity contribution in [2.24, 2.45) is 0 Å². The van der Waals surface area contributed by atoms with Crippen molar-refractivity contribution in [2.45, 2.75) is 12.3 Å². The van der Waals surface area contributed by atoms with E-state index in [-0.39, 0.29) is 18.0 Å². The molecule has 0 aliphatic rings. The van der Waals surface area contributed by atoms with Crippen LogP contribution in [0, 0.1) is 0 Å². The fourth-order valence-corrected chi connectivity index (χ4v) is 3.08. The average Bonchev–Trinajstić information content (AvgIpc) is 2.77. The molecule has 0 fully saturated rings. The number of methoxy groups -OCH3 is 2. The minimum absolute atomic E-state index is 0.0664. The molecule has 0 bridgehead atoms. The van der Waals surface area contributed by atoms with Gasteiger partial charge < -0.3 is 9.47 Å². The van der Waals surface area contributed by atoms with Gasteiger partial charge in [0.05, 0.1) is 20.1 Å². The summed E-state index contributed by atoms with van der Waals surface area (Å²) in [5, 5.41) is 0. The highest BCUT2D eigenvalue weighted by atomic mass is 16.5. The number of hydrogen-bond donors (Lipinski definition) is 0. The summed E-state index contributed by atoms with van der Waals surface area (Å²) in [5.41, 5.74) is 1.93. The van der Waals surface area contributed by atoms with Crippen LogP contribution in [-0.2, 0) is 0 Å². The van der Waals surface area contributed by atoms with Crippen LogP contribution in [0.15, 0.2) is 78.9 Å². The highest BCUT2D eigenvalue weighted by molar-refractivity contribution is 6.06. The van der Waals surface area contributed by atoms with Crippen molar-refractivity contribution in [3.8, 4) is 11.5 Å². The summed E-state index contributed by atoms with van der Waals surface area (Å²) in [7, 11) is 3.17. The molecule has 1 atom stereocenters. The third-order valence-electron chi connectivity index (χ3n) is 4.69. The lowest BCUT2D eigenvalue weighted by Crippen LogP contribution is -2.17. The lowest BCUT2D eigenvalue weighted by atomic mass is 9.85. The van der Waals surface area contributed by atoms with E-state index in [1.54, 1.807) is 62.8 Å². The molecule has 0 amide bonds. The Morgan fingerprint density at radius 1 is 0.714 bits per heavy atom. The van der Waals surface area contributed by atoms with Crippen LogP contribution in [0.25, 0.3) is 0 Å². The smallest absolute Gasteiger partial charge is 0.170 e. The lowest BCUT2D eigenvalue weighted by molar-refractivity contribution is 0.0893. The van der Waals surface area contributed by atoms with E-state index >= 15 is 0 Å².